The Labute approximate surface area is 171 Å². The molecule has 0 saturated heterocycles. The van der Waals surface area contributed by atoms with Crippen LogP contribution >= 0.6 is 0 Å². The van der Waals surface area contributed by atoms with E-state index in [2.05, 4.69) is 0 Å². The molecule has 5 heteroatoms. The summed E-state index contributed by atoms with van der Waals surface area (Å²) in [6.45, 7) is 7.88. The van der Waals surface area contributed by atoms with Gasteiger partial charge in [0.1, 0.15) is 0 Å². The first-order valence-corrected chi connectivity index (χ1v) is 8.60. The first kappa shape index (κ1) is 20.7. The number of nitrogens with zero attached hydrogens (tertiary/aromatic N) is 4. The number of para-hydroxylation sites is 4. The van der Waals surface area contributed by atoms with Gasteiger partial charge in [-0.3, -0.25) is 9.98 Å². The third-order valence-corrected chi connectivity index (χ3v) is 3.79. The monoisotopic (exact) mass is 401 g/mol. The Hall–Kier alpha value is -2.63. The van der Waals surface area contributed by atoms with Crippen LogP contribution in [-0.2, 0) is 16.8 Å². The van der Waals surface area contributed by atoms with Crippen LogP contribution in [0.25, 0.3) is 10.6 Å². The van der Waals surface area contributed by atoms with Gasteiger partial charge in [-0.25, -0.2) is 0 Å². The van der Waals surface area contributed by atoms with Gasteiger partial charge in [0.15, 0.2) is 0 Å². The van der Waals surface area contributed by atoms with E-state index in [0.29, 0.717) is 0 Å². The molecule has 1 radical (unpaired) electrons. The maximum atomic E-state index is 4.72. The largest absolute Gasteiger partial charge is 2.00 e. The Balaban J connectivity index is 0.00000261. The molecule has 0 fully saturated rings. The first-order valence-electron chi connectivity index (χ1n) is 8.60. The van der Waals surface area contributed by atoms with E-state index >= 15 is 0 Å². The van der Waals surface area contributed by atoms with E-state index in [1.165, 1.54) is 0 Å². The van der Waals surface area contributed by atoms with Gasteiger partial charge in [0, 0.05) is 22.8 Å². The van der Waals surface area contributed by atoms with Crippen molar-refractivity contribution < 1.29 is 16.8 Å². The summed E-state index contributed by atoms with van der Waals surface area (Å²) in [7, 11) is 0. The van der Waals surface area contributed by atoms with Crippen molar-refractivity contribution in [2.45, 2.75) is 27.7 Å². The quantitative estimate of drug-likeness (QED) is 0.442. The number of rotatable bonds is 0. The minimum atomic E-state index is 0. The summed E-state index contributed by atoms with van der Waals surface area (Å²) in [5, 5.41) is 9.43. The standard InChI is InChI=1S/C22H22N4.Co/c1-15-13-16(2)24-21-11-7-8-12-22(21)26-18(4)14-17(3)25-20-10-6-5-9-19(20)23-15;/h5-14H,1-4H3;/q-2;+2/b15-13-,18-14-,24-16?,25-17?;. The topological polar surface area (TPSA) is 52.9 Å². The fourth-order valence-corrected chi connectivity index (χ4v) is 2.80. The maximum Gasteiger partial charge on any atom is 2.00 e. The molecule has 0 unspecified atom stereocenters. The molecule has 1 aliphatic heterocycles. The molecule has 0 atom stereocenters. The summed E-state index contributed by atoms with van der Waals surface area (Å²) in [5.74, 6) is 0. The Bertz CT molecular complexity index is 861. The number of benzene rings is 2. The van der Waals surface area contributed by atoms with Gasteiger partial charge in [0.05, 0.1) is 0 Å². The second kappa shape index (κ2) is 9.35. The van der Waals surface area contributed by atoms with Crippen LogP contribution in [0.2, 0.25) is 0 Å². The van der Waals surface area contributed by atoms with Gasteiger partial charge in [-0.2, -0.15) is 11.4 Å². The number of fused-ring (bicyclic) bond motifs is 2. The predicted octanol–water partition coefficient (Wildman–Crippen LogP) is 7.40. The molecule has 0 spiro atoms. The molecule has 0 amide bonds. The maximum absolute atomic E-state index is 4.72. The summed E-state index contributed by atoms with van der Waals surface area (Å²) < 4.78 is 0. The normalized spacial score (nSPS) is 18.2. The van der Waals surface area contributed by atoms with Gasteiger partial charge in [-0.05, 0) is 26.0 Å². The summed E-state index contributed by atoms with van der Waals surface area (Å²) in [6.07, 6.45) is 3.94. The molecule has 0 bridgehead atoms. The average Bonchev–Trinajstić information content (AvgIpc) is 2.57. The molecule has 0 saturated carbocycles. The number of hydrogen-bond acceptors (Lipinski definition) is 2. The zero-order valence-electron chi connectivity index (χ0n) is 15.9. The van der Waals surface area contributed by atoms with Crippen LogP contribution in [0.4, 0.5) is 22.7 Å². The van der Waals surface area contributed by atoms with Crippen LogP contribution in [0.15, 0.2) is 82.1 Å². The summed E-state index contributed by atoms with van der Waals surface area (Å²) >= 11 is 0. The third kappa shape index (κ3) is 5.67. The van der Waals surface area contributed by atoms with E-state index in [0.717, 1.165) is 45.6 Å². The molecule has 0 aromatic heterocycles. The SMILES string of the molecule is CC1=Nc2ccccc2[N-]/C(C)=C\C(C)=Nc2ccccc2[N-]/C(C)=C\1.[Co+2]. The molecule has 3 rings (SSSR count). The van der Waals surface area contributed by atoms with E-state index in [-0.39, 0.29) is 16.8 Å². The van der Waals surface area contributed by atoms with Crippen molar-refractivity contribution in [3.8, 4) is 0 Å². The van der Waals surface area contributed by atoms with Gasteiger partial charge < -0.3 is 10.6 Å². The van der Waals surface area contributed by atoms with E-state index in [4.69, 9.17) is 20.6 Å². The van der Waals surface area contributed by atoms with Gasteiger partial charge in [0.2, 0.25) is 0 Å². The summed E-state index contributed by atoms with van der Waals surface area (Å²) in [4.78, 5) is 9.43. The first-order chi connectivity index (χ1) is 12.5. The Morgan fingerprint density at radius 3 is 1.37 bits per heavy atom. The van der Waals surface area contributed by atoms with E-state index in [1.807, 2.05) is 88.4 Å². The van der Waals surface area contributed by atoms with Crippen molar-refractivity contribution in [2.75, 3.05) is 0 Å². The van der Waals surface area contributed by atoms with E-state index in [1.54, 1.807) is 0 Å². The Kier molecular flexibility index (Phi) is 7.16. The van der Waals surface area contributed by atoms with Gasteiger partial charge >= 0.3 is 16.8 Å². The van der Waals surface area contributed by atoms with Gasteiger partial charge in [-0.15, -0.1) is 11.4 Å². The van der Waals surface area contributed by atoms with E-state index in [9.17, 15) is 0 Å². The molecule has 0 aliphatic carbocycles. The molecule has 2 aromatic rings. The van der Waals surface area contributed by atoms with Crippen molar-refractivity contribution in [1.82, 2.24) is 0 Å². The average molecular weight is 401 g/mol. The number of hydrogen-bond donors (Lipinski definition) is 0. The molecule has 1 heterocycles. The van der Waals surface area contributed by atoms with Crippen LogP contribution in [0.5, 0.6) is 0 Å². The molecule has 27 heavy (non-hydrogen) atoms. The molecule has 2 aromatic carbocycles. The molecular formula is C22H22CoN4. The zero-order valence-corrected chi connectivity index (χ0v) is 16.9. The number of aliphatic imine (C=N–C) groups is 2. The van der Waals surface area contributed by atoms with Crippen molar-refractivity contribution in [1.29, 1.82) is 0 Å². The third-order valence-electron chi connectivity index (χ3n) is 3.79. The Morgan fingerprint density at radius 2 is 0.963 bits per heavy atom. The van der Waals surface area contributed by atoms with Crippen molar-refractivity contribution >= 4 is 34.2 Å². The zero-order chi connectivity index (χ0) is 18.5. The molecule has 4 nitrogen and oxygen atoms in total. The second-order valence-corrected chi connectivity index (χ2v) is 6.28. The molecule has 139 valence electrons. The Morgan fingerprint density at radius 1 is 0.593 bits per heavy atom. The molecule has 0 N–H and O–H groups in total. The minimum Gasteiger partial charge on any atom is -0.660 e. The summed E-state index contributed by atoms with van der Waals surface area (Å²) in [6, 6.07) is 15.8. The molecule has 1 aliphatic rings. The fourth-order valence-electron chi connectivity index (χ4n) is 2.80. The smallest absolute Gasteiger partial charge is 0.660 e. The predicted molar refractivity (Wildman–Crippen MR) is 112 cm³/mol. The fraction of sp³-hybridized carbons (Fsp3) is 0.182. The van der Waals surface area contributed by atoms with Crippen molar-refractivity contribution in [3.05, 3.63) is 82.7 Å². The van der Waals surface area contributed by atoms with E-state index < -0.39 is 0 Å². The van der Waals surface area contributed by atoms with Crippen LogP contribution in [0.3, 0.4) is 0 Å². The second-order valence-electron chi connectivity index (χ2n) is 6.28. The van der Waals surface area contributed by atoms with Gasteiger partial charge in [0.25, 0.3) is 0 Å². The van der Waals surface area contributed by atoms with Crippen molar-refractivity contribution in [3.63, 3.8) is 0 Å². The molecular weight excluding hydrogens is 379 g/mol. The van der Waals surface area contributed by atoms with Crippen LogP contribution in [0.1, 0.15) is 27.7 Å². The van der Waals surface area contributed by atoms with Crippen LogP contribution < -0.4 is 0 Å². The number of allylic oxidation sites excluding steroid dienone is 4. The summed E-state index contributed by atoms with van der Waals surface area (Å²) in [5.41, 5.74) is 6.88. The van der Waals surface area contributed by atoms with Crippen LogP contribution in [0, 0.1) is 0 Å². The van der Waals surface area contributed by atoms with Gasteiger partial charge in [-0.1, -0.05) is 62.4 Å². The minimum absolute atomic E-state index is 0. The van der Waals surface area contributed by atoms with Crippen molar-refractivity contribution in [2.24, 2.45) is 9.98 Å². The van der Waals surface area contributed by atoms with Crippen LogP contribution in [-0.4, -0.2) is 11.4 Å².